The molecule has 0 aromatic carbocycles. The minimum Gasteiger partial charge on any atom is -0.389 e. The molecule has 6 nitrogen and oxygen atoms in total. The molecule has 0 spiro atoms. The number of rotatable bonds is 7. The van der Waals surface area contributed by atoms with Crippen LogP contribution in [0.4, 0.5) is 11.8 Å². The Kier molecular flexibility index (Phi) is 5.65. The van der Waals surface area contributed by atoms with Gasteiger partial charge in [0.2, 0.25) is 5.95 Å². The second-order valence-electron chi connectivity index (χ2n) is 3.76. The molecule has 1 unspecified atom stereocenters. The molecule has 0 amide bonds. The van der Waals surface area contributed by atoms with Crippen LogP contribution in [-0.2, 0) is 4.74 Å². The smallest absolute Gasteiger partial charge is 0.224 e. The Bertz CT molecular complexity index is 335. The molecule has 2 N–H and O–H groups in total. The number of aliphatic hydroxyl groups excluding tert-OH is 1. The van der Waals surface area contributed by atoms with Crippen LogP contribution < -0.4 is 10.2 Å². The summed E-state index contributed by atoms with van der Waals surface area (Å²) in [4.78, 5) is 10.3. The van der Waals surface area contributed by atoms with Crippen LogP contribution in [0, 0.1) is 0 Å². The first-order chi connectivity index (χ1) is 8.17. The predicted octanol–water partition coefficient (Wildman–Crippen LogP) is 0.352. The van der Waals surface area contributed by atoms with Gasteiger partial charge in [-0.05, 0) is 13.0 Å². The van der Waals surface area contributed by atoms with E-state index in [4.69, 9.17) is 4.74 Å². The van der Waals surface area contributed by atoms with E-state index in [2.05, 4.69) is 15.3 Å². The number of aliphatic hydroxyl groups is 1. The maximum Gasteiger partial charge on any atom is 0.224 e. The van der Waals surface area contributed by atoms with E-state index >= 15 is 0 Å². The summed E-state index contributed by atoms with van der Waals surface area (Å²) in [6.45, 7) is 3.55. The highest BCUT2D eigenvalue weighted by Crippen LogP contribution is 2.10. The van der Waals surface area contributed by atoms with Crippen LogP contribution in [-0.4, -0.2) is 55.0 Å². The van der Waals surface area contributed by atoms with Crippen LogP contribution in [0.15, 0.2) is 12.3 Å². The minimum atomic E-state index is -0.525. The van der Waals surface area contributed by atoms with E-state index in [1.807, 2.05) is 18.9 Å². The highest BCUT2D eigenvalue weighted by Gasteiger charge is 2.10. The molecular formula is C11H20N4O2. The Morgan fingerprint density at radius 1 is 1.59 bits per heavy atom. The van der Waals surface area contributed by atoms with E-state index in [1.165, 1.54) is 0 Å². The van der Waals surface area contributed by atoms with E-state index in [-0.39, 0.29) is 0 Å². The summed E-state index contributed by atoms with van der Waals surface area (Å²) in [5, 5.41) is 12.7. The maximum absolute atomic E-state index is 9.63. The topological polar surface area (TPSA) is 70.5 Å². The highest BCUT2D eigenvalue weighted by atomic mass is 16.5. The number of nitrogens with one attached hydrogen (secondary N) is 1. The van der Waals surface area contributed by atoms with Gasteiger partial charge < -0.3 is 20.1 Å². The lowest BCUT2D eigenvalue weighted by Crippen LogP contribution is -2.32. The lowest BCUT2D eigenvalue weighted by Gasteiger charge is -2.21. The first kappa shape index (κ1) is 13.7. The van der Waals surface area contributed by atoms with Crippen molar-refractivity contribution in [3.8, 4) is 0 Å². The number of anilines is 2. The van der Waals surface area contributed by atoms with Gasteiger partial charge in [0.15, 0.2) is 0 Å². The molecule has 1 aromatic heterocycles. The molecule has 0 radical (unpaired) electrons. The number of aromatic nitrogens is 2. The summed E-state index contributed by atoms with van der Waals surface area (Å²) in [6, 6.07) is 1.81. The zero-order chi connectivity index (χ0) is 12.7. The molecule has 17 heavy (non-hydrogen) atoms. The second kappa shape index (κ2) is 7.03. The molecule has 6 heteroatoms. The summed E-state index contributed by atoms with van der Waals surface area (Å²) in [5.41, 5.74) is 0. The first-order valence-electron chi connectivity index (χ1n) is 5.62. The average Bonchev–Trinajstić information content (AvgIpc) is 2.30. The van der Waals surface area contributed by atoms with Crippen LogP contribution >= 0.6 is 0 Å². The molecule has 1 heterocycles. The monoisotopic (exact) mass is 240 g/mol. The van der Waals surface area contributed by atoms with Gasteiger partial charge in [-0.15, -0.1) is 0 Å². The van der Waals surface area contributed by atoms with Crippen LogP contribution in [0.3, 0.4) is 0 Å². The second-order valence-corrected chi connectivity index (χ2v) is 3.76. The van der Waals surface area contributed by atoms with Crippen molar-refractivity contribution < 1.29 is 9.84 Å². The standard InChI is InChI=1S/C11H20N4O2/c1-4-12-11-13-6-5-10(14-11)15(2)7-9(16)8-17-3/h5-6,9,16H,4,7-8H2,1-3H3,(H,12,13,14). The number of ether oxygens (including phenoxy) is 1. The van der Waals surface area contributed by atoms with Gasteiger partial charge in [-0.1, -0.05) is 0 Å². The van der Waals surface area contributed by atoms with Crippen LogP contribution in [0.5, 0.6) is 0 Å². The van der Waals surface area contributed by atoms with Gasteiger partial charge in [-0.2, -0.15) is 4.98 Å². The number of hydrogen-bond acceptors (Lipinski definition) is 6. The van der Waals surface area contributed by atoms with Crippen molar-refractivity contribution in [1.82, 2.24) is 9.97 Å². The molecule has 0 aliphatic heterocycles. The summed E-state index contributed by atoms with van der Waals surface area (Å²) in [6.07, 6.45) is 1.17. The lowest BCUT2D eigenvalue weighted by molar-refractivity contribution is 0.0694. The molecule has 0 bridgehead atoms. The number of nitrogens with zero attached hydrogens (tertiary/aromatic N) is 3. The SMILES string of the molecule is CCNc1nccc(N(C)CC(O)COC)n1. The molecule has 0 saturated carbocycles. The molecule has 1 atom stereocenters. The number of hydrogen-bond donors (Lipinski definition) is 2. The largest absolute Gasteiger partial charge is 0.389 e. The molecule has 0 aliphatic carbocycles. The zero-order valence-corrected chi connectivity index (χ0v) is 10.6. The fraction of sp³-hybridized carbons (Fsp3) is 0.636. The van der Waals surface area contributed by atoms with Crippen LogP contribution in [0.2, 0.25) is 0 Å². The molecule has 96 valence electrons. The summed E-state index contributed by atoms with van der Waals surface area (Å²) < 4.78 is 4.88. The predicted molar refractivity (Wildman–Crippen MR) is 67.3 cm³/mol. The normalized spacial score (nSPS) is 12.2. The fourth-order valence-corrected chi connectivity index (χ4v) is 1.46. The molecular weight excluding hydrogens is 220 g/mol. The maximum atomic E-state index is 9.63. The Hall–Kier alpha value is -1.40. The van der Waals surface area contributed by atoms with Crippen molar-refractivity contribution in [2.24, 2.45) is 0 Å². The molecule has 1 rings (SSSR count). The Labute approximate surface area is 102 Å². The molecule has 0 saturated heterocycles. The van der Waals surface area contributed by atoms with Crippen molar-refractivity contribution >= 4 is 11.8 Å². The third-order valence-corrected chi connectivity index (χ3v) is 2.21. The van der Waals surface area contributed by atoms with Crippen molar-refractivity contribution in [2.75, 3.05) is 44.1 Å². The molecule has 1 aromatic rings. The third kappa shape index (κ3) is 4.54. The van der Waals surface area contributed by atoms with Crippen molar-refractivity contribution in [3.05, 3.63) is 12.3 Å². The third-order valence-electron chi connectivity index (χ3n) is 2.21. The van der Waals surface area contributed by atoms with Crippen molar-refractivity contribution in [2.45, 2.75) is 13.0 Å². The number of methoxy groups -OCH3 is 1. The van der Waals surface area contributed by atoms with E-state index in [9.17, 15) is 5.11 Å². The van der Waals surface area contributed by atoms with Crippen LogP contribution in [0.25, 0.3) is 0 Å². The Morgan fingerprint density at radius 2 is 2.35 bits per heavy atom. The summed E-state index contributed by atoms with van der Waals surface area (Å²) in [5.74, 6) is 1.36. The van der Waals surface area contributed by atoms with Gasteiger partial charge in [0.05, 0.1) is 12.7 Å². The number of likely N-dealkylation sites (N-methyl/N-ethyl adjacent to an activating group) is 1. The van der Waals surface area contributed by atoms with E-state index in [0.717, 1.165) is 12.4 Å². The molecule has 0 aliphatic rings. The Balaban J connectivity index is 2.61. The van der Waals surface area contributed by atoms with Gasteiger partial charge in [0.25, 0.3) is 0 Å². The van der Waals surface area contributed by atoms with Crippen molar-refractivity contribution in [1.29, 1.82) is 0 Å². The summed E-state index contributed by atoms with van der Waals surface area (Å²) >= 11 is 0. The van der Waals surface area contributed by atoms with Gasteiger partial charge >= 0.3 is 0 Å². The van der Waals surface area contributed by atoms with E-state index < -0.39 is 6.10 Å². The van der Waals surface area contributed by atoms with Gasteiger partial charge in [0, 0.05) is 33.4 Å². The summed E-state index contributed by atoms with van der Waals surface area (Å²) in [7, 11) is 3.44. The fourth-order valence-electron chi connectivity index (χ4n) is 1.46. The van der Waals surface area contributed by atoms with E-state index in [1.54, 1.807) is 19.4 Å². The highest BCUT2D eigenvalue weighted by molar-refractivity contribution is 5.41. The lowest BCUT2D eigenvalue weighted by atomic mass is 10.3. The Morgan fingerprint density at radius 3 is 3.00 bits per heavy atom. The average molecular weight is 240 g/mol. The first-order valence-corrected chi connectivity index (χ1v) is 5.62. The van der Waals surface area contributed by atoms with Gasteiger partial charge in [-0.25, -0.2) is 4.98 Å². The van der Waals surface area contributed by atoms with Gasteiger partial charge in [0.1, 0.15) is 5.82 Å². The van der Waals surface area contributed by atoms with E-state index in [0.29, 0.717) is 19.1 Å². The van der Waals surface area contributed by atoms with Gasteiger partial charge in [-0.3, -0.25) is 0 Å². The minimum absolute atomic E-state index is 0.315. The van der Waals surface area contributed by atoms with Crippen LogP contribution in [0.1, 0.15) is 6.92 Å². The molecule has 0 fully saturated rings. The quantitative estimate of drug-likeness (QED) is 0.716. The zero-order valence-electron chi connectivity index (χ0n) is 10.6. The van der Waals surface area contributed by atoms with Crippen molar-refractivity contribution in [3.63, 3.8) is 0 Å².